The SMILES string of the molecule is COC(=O)CCOc1ccc(CC(C)NCC(OCCO)c2cccc(C(F)(F)F)c2)cc1. The van der Waals surface area contributed by atoms with Crippen LogP contribution in [0.15, 0.2) is 48.5 Å². The Bertz CT molecular complexity index is 858. The van der Waals surface area contributed by atoms with Crippen LogP contribution in [0.5, 0.6) is 5.75 Å². The largest absolute Gasteiger partial charge is 0.493 e. The normalized spacial score (nSPS) is 13.4. The van der Waals surface area contributed by atoms with E-state index in [-0.39, 0.29) is 44.8 Å². The summed E-state index contributed by atoms with van der Waals surface area (Å²) >= 11 is 0. The van der Waals surface area contributed by atoms with Crippen molar-refractivity contribution < 1.29 is 37.3 Å². The van der Waals surface area contributed by atoms with Crippen LogP contribution in [0.1, 0.15) is 36.1 Å². The Labute approximate surface area is 191 Å². The zero-order valence-electron chi connectivity index (χ0n) is 18.7. The number of aliphatic hydroxyl groups is 1. The Hall–Kier alpha value is -2.62. The van der Waals surface area contributed by atoms with E-state index < -0.39 is 17.8 Å². The van der Waals surface area contributed by atoms with E-state index in [0.717, 1.165) is 17.7 Å². The predicted molar refractivity (Wildman–Crippen MR) is 117 cm³/mol. The zero-order valence-corrected chi connectivity index (χ0v) is 18.7. The number of benzene rings is 2. The van der Waals surface area contributed by atoms with E-state index in [9.17, 15) is 18.0 Å². The molecule has 2 aromatic rings. The van der Waals surface area contributed by atoms with Crippen LogP contribution >= 0.6 is 0 Å². The van der Waals surface area contributed by atoms with Gasteiger partial charge in [0.05, 0.1) is 45.0 Å². The molecule has 33 heavy (non-hydrogen) atoms. The van der Waals surface area contributed by atoms with E-state index in [1.807, 2.05) is 31.2 Å². The third kappa shape index (κ3) is 9.41. The molecule has 0 heterocycles. The summed E-state index contributed by atoms with van der Waals surface area (Å²) in [5.74, 6) is 0.309. The zero-order chi connectivity index (χ0) is 24.3. The van der Waals surface area contributed by atoms with Gasteiger partial charge in [-0.25, -0.2) is 0 Å². The van der Waals surface area contributed by atoms with Gasteiger partial charge in [0.2, 0.25) is 0 Å². The first-order valence-electron chi connectivity index (χ1n) is 10.6. The van der Waals surface area contributed by atoms with Crippen molar-refractivity contribution in [3.8, 4) is 5.75 Å². The van der Waals surface area contributed by atoms with Gasteiger partial charge in [0.15, 0.2) is 0 Å². The molecule has 6 nitrogen and oxygen atoms in total. The van der Waals surface area contributed by atoms with Crippen LogP contribution in [0.2, 0.25) is 0 Å². The third-order valence-corrected chi connectivity index (χ3v) is 4.92. The molecule has 0 radical (unpaired) electrons. The molecular weight excluding hydrogens is 439 g/mol. The number of carbonyl (C=O) groups excluding carboxylic acids is 1. The third-order valence-electron chi connectivity index (χ3n) is 4.92. The van der Waals surface area contributed by atoms with E-state index in [2.05, 4.69) is 10.1 Å². The molecule has 0 fully saturated rings. The molecule has 2 unspecified atom stereocenters. The first-order valence-corrected chi connectivity index (χ1v) is 10.6. The van der Waals surface area contributed by atoms with Gasteiger partial charge in [-0.15, -0.1) is 0 Å². The van der Waals surface area contributed by atoms with Gasteiger partial charge in [-0.05, 0) is 48.7 Å². The lowest BCUT2D eigenvalue weighted by Crippen LogP contribution is -2.33. The molecule has 0 saturated heterocycles. The Morgan fingerprint density at radius 2 is 1.85 bits per heavy atom. The molecule has 0 spiro atoms. The first kappa shape index (κ1) is 26.6. The fourth-order valence-corrected chi connectivity index (χ4v) is 3.19. The van der Waals surface area contributed by atoms with Crippen molar-refractivity contribution in [3.05, 3.63) is 65.2 Å². The van der Waals surface area contributed by atoms with E-state index >= 15 is 0 Å². The number of ether oxygens (including phenoxy) is 3. The number of nitrogens with one attached hydrogen (secondary N) is 1. The average molecular weight is 470 g/mol. The Morgan fingerprint density at radius 3 is 2.48 bits per heavy atom. The van der Waals surface area contributed by atoms with E-state index in [4.69, 9.17) is 14.6 Å². The highest BCUT2D eigenvalue weighted by Crippen LogP contribution is 2.31. The maximum absolute atomic E-state index is 13.1. The van der Waals surface area contributed by atoms with Crippen LogP contribution in [0.4, 0.5) is 13.2 Å². The van der Waals surface area contributed by atoms with Crippen LogP contribution in [0, 0.1) is 0 Å². The summed E-state index contributed by atoms with van der Waals surface area (Å²) in [5.41, 5.74) is 0.702. The van der Waals surface area contributed by atoms with Crippen LogP contribution in [-0.2, 0) is 26.9 Å². The van der Waals surface area contributed by atoms with Crippen molar-refractivity contribution in [1.82, 2.24) is 5.32 Å². The maximum Gasteiger partial charge on any atom is 0.416 e. The summed E-state index contributed by atoms with van der Waals surface area (Å²) in [6.45, 7) is 2.29. The molecule has 2 N–H and O–H groups in total. The molecule has 2 rings (SSSR count). The van der Waals surface area contributed by atoms with E-state index in [1.54, 1.807) is 6.07 Å². The number of carbonyl (C=O) groups is 1. The van der Waals surface area contributed by atoms with Crippen LogP contribution in [0.3, 0.4) is 0 Å². The minimum atomic E-state index is -4.44. The fourth-order valence-electron chi connectivity index (χ4n) is 3.19. The quantitative estimate of drug-likeness (QED) is 0.433. The van der Waals surface area contributed by atoms with Crippen LogP contribution < -0.4 is 10.1 Å². The lowest BCUT2D eigenvalue weighted by molar-refractivity contribution is -0.141. The lowest BCUT2D eigenvalue weighted by Gasteiger charge is -2.22. The summed E-state index contributed by atoms with van der Waals surface area (Å²) in [6, 6.07) is 12.5. The Morgan fingerprint density at radius 1 is 1.12 bits per heavy atom. The lowest BCUT2D eigenvalue weighted by atomic mass is 10.0. The Balaban J connectivity index is 1.91. The monoisotopic (exact) mass is 469 g/mol. The number of methoxy groups -OCH3 is 1. The molecule has 0 aliphatic rings. The van der Waals surface area contributed by atoms with Gasteiger partial charge < -0.3 is 24.6 Å². The van der Waals surface area contributed by atoms with Gasteiger partial charge in [0, 0.05) is 12.6 Å². The fraction of sp³-hybridized carbons (Fsp3) is 0.458. The molecule has 2 atom stereocenters. The number of aliphatic hydroxyl groups excluding tert-OH is 1. The number of alkyl halides is 3. The summed E-state index contributed by atoms with van der Waals surface area (Å²) in [7, 11) is 1.33. The number of rotatable bonds is 13. The van der Waals surface area contributed by atoms with Crippen molar-refractivity contribution in [3.63, 3.8) is 0 Å². The minimum Gasteiger partial charge on any atom is -0.493 e. The smallest absolute Gasteiger partial charge is 0.416 e. The molecule has 0 aliphatic heterocycles. The number of esters is 1. The number of hydrogen-bond acceptors (Lipinski definition) is 6. The summed E-state index contributed by atoms with van der Waals surface area (Å²) in [6.07, 6.45) is -4.22. The Kier molecular flexibility index (Phi) is 10.6. The summed E-state index contributed by atoms with van der Waals surface area (Å²) < 4.78 is 54.9. The van der Waals surface area contributed by atoms with Crippen molar-refractivity contribution in [2.45, 2.75) is 38.1 Å². The van der Waals surface area contributed by atoms with Crippen LogP contribution in [0.25, 0.3) is 0 Å². The molecule has 2 aromatic carbocycles. The van der Waals surface area contributed by atoms with Gasteiger partial charge in [-0.2, -0.15) is 13.2 Å². The second-order valence-electron chi connectivity index (χ2n) is 7.54. The second-order valence-corrected chi connectivity index (χ2v) is 7.54. The average Bonchev–Trinajstić information content (AvgIpc) is 2.79. The number of hydrogen-bond donors (Lipinski definition) is 2. The predicted octanol–water partition coefficient (Wildman–Crippen LogP) is 3.92. The van der Waals surface area contributed by atoms with Crippen molar-refractivity contribution >= 4 is 5.97 Å². The van der Waals surface area contributed by atoms with E-state index in [1.165, 1.54) is 13.2 Å². The second kappa shape index (κ2) is 13.2. The summed E-state index contributed by atoms with van der Waals surface area (Å²) in [5, 5.41) is 12.4. The molecule has 182 valence electrons. The van der Waals surface area contributed by atoms with Crippen molar-refractivity contribution in [2.75, 3.05) is 33.5 Å². The molecule has 0 bridgehead atoms. The molecule has 0 amide bonds. The van der Waals surface area contributed by atoms with Crippen LogP contribution in [-0.4, -0.2) is 50.6 Å². The van der Waals surface area contributed by atoms with Gasteiger partial charge in [0.1, 0.15) is 5.75 Å². The summed E-state index contributed by atoms with van der Waals surface area (Å²) in [4.78, 5) is 11.1. The maximum atomic E-state index is 13.1. The molecular formula is C24H30F3NO5. The van der Waals surface area contributed by atoms with Crippen molar-refractivity contribution in [1.29, 1.82) is 0 Å². The highest BCUT2D eigenvalue weighted by molar-refractivity contribution is 5.69. The topological polar surface area (TPSA) is 77.0 Å². The highest BCUT2D eigenvalue weighted by Gasteiger charge is 2.31. The van der Waals surface area contributed by atoms with E-state index in [0.29, 0.717) is 17.7 Å². The molecule has 0 aromatic heterocycles. The standard InChI is InChI=1S/C24H30F3NO5/c1-17(14-18-6-8-21(9-7-18)32-12-10-23(30)31-2)28-16-22(33-13-11-29)19-4-3-5-20(15-19)24(25,26)27/h3-9,15,17,22,28-29H,10-14,16H2,1-2H3. The first-order chi connectivity index (χ1) is 15.7. The molecule has 9 heteroatoms. The van der Waals surface area contributed by atoms with Gasteiger partial charge >= 0.3 is 12.1 Å². The minimum absolute atomic E-state index is 0.0159. The molecule has 0 saturated carbocycles. The van der Waals surface area contributed by atoms with Gasteiger partial charge in [-0.1, -0.05) is 24.3 Å². The van der Waals surface area contributed by atoms with Crippen molar-refractivity contribution in [2.24, 2.45) is 0 Å². The highest BCUT2D eigenvalue weighted by atomic mass is 19.4. The molecule has 0 aliphatic carbocycles. The van der Waals surface area contributed by atoms with Gasteiger partial charge in [0.25, 0.3) is 0 Å². The number of halogens is 3. The van der Waals surface area contributed by atoms with Gasteiger partial charge in [-0.3, -0.25) is 4.79 Å².